The summed E-state index contributed by atoms with van der Waals surface area (Å²) in [4.78, 5) is 17.9. The van der Waals surface area contributed by atoms with E-state index in [1.165, 1.54) is 0 Å². The molecule has 6 heteroatoms. The molecule has 0 saturated heterocycles. The van der Waals surface area contributed by atoms with Crippen molar-refractivity contribution >= 4 is 22.7 Å². The number of hydrogen-bond donors (Lipinski definition) is 1. The second-order valence-corrected chi connectivity index (χ2v) is 7.06. The number of nitriles is 1. The molecule has 1 N–H and O–H groups in total. The minimum absolute atomic E-state index is 0.317. The Bertz CT molecular complexity index is 1270. The minimum Gasteiger partial charge on any atom is -0.335 e. The van der Waals surface area contributed by atoms with Crippen LogP contribution in [0.4, 0.5) is 5.69 Å². The van der Waals surface area contributed by atoms with Gasteiger partial charge in [-0.25, -0.2) is 4.98 Å². The van der Waals surface area contributed by atoms with Gasteiger partial charge in [-0.15, -0.1) is 0 Å². The first-order chi connectivity index (χ1) is 14.2. The van der Waals surface area contributed by atoms with Gasteiger partial charge in [-0.05, 0) is 31.0 Å². The molecule has 2 heterocycles. The number of fused-ring (bicyclic) bond motifs is 1. The van der Waals surface area contributed by atoms with Crippen molar-refractivity contribution in [2.75, 3.05) is 5.32 Å². The molecule has 0 bridgehead atoms. The maximum absolute atomic E-state index is 13.3. The average Bonchev–Trinajstić information content (AvgIpc) is 3.53. The molecule has 4 aromatic rings. The van der Waals surface area contributed by atoms with E-state index in [-0.39, 0.29) is 5.91 Å². The van der Waals surface area contributed by atoms with Crippen molar-refractivity contribution in [3.8, 4) is 17.3 Å². The average molecular weight is 380 g/mol. The van der Waals surface area contributed by atoms with Crippen molar-refractivity contribution in [3.05, 3.63) is 77.5 Å². The van der Waals surface area contributed by atoms with Gasteiger partial charge in [-0.1, -0.05) is 47.6 Å². The van der Waals surface area contributed by atoms with Crippen molar-refractivity contribution in [3.63, 3.8) is 0 Å². The van der Waals surface area contributed by atoms with Gasteiger partial charge in [-0.3, -0.25) is 4.79 Å². The molecule has 1 amide bonds. The quantitative estimate of drug-likeness (QED) is 0.544. The number of hydrogen-bond acceptors (Lipinski definition) is 5. The molecule has 0 aliphatic heterocycles. The lowest BCUT2D eigenvalue weighted by molar-refractivity contribution is 0.102. The molecule has 140 valence electrons. The van der Waals surface area contributed by atoms with Crippen LogP contribution >= 0.6 is 0 Å². The fourth-order valence-electron chi connectivity index (χ4n) is 3.41. The summed E-state index contributed by atoms with van der Waals surface area (Å²) >= 11 is 0. The van der Waals surface area contributed by atoms with Gasteiger partial charge in [0.15, 0.2) is 0 Å². The third-order valence-electron chi connectivity index (χ3n) is 5.05. The van der Waals surface area contributed by atoms with Crippen LogP contribution in [0.15, 0.2) is 65.2 Å². The predicted octanol–water partition coefficient (Wildman–Crippen LogP) is 4.89. The highest BCUT2D eigenvalue weighted by Crippen LogP contribution is 2.41. The van der Waals surface area contributed by atoms with Crippen LogP contribution in [0.5, 0.6) is 0 Å². The van der Waals surface area contributed by atoms with Gasteiger partial charge in [-0.2, -0.15) is 5.26 Å². The van der Waals surface area contributed by atoms with Crippen molar-refractivity contribution in [2.24, 2.45) is 0 Å². The number of amides is 1. The molecule has 0 unspecified atom stereocenters. The Morgan fingerprint density at radius 3 is 2.62 bits per heavy atom. The van der Waals surface area contributed by atoms with Crippen LogP contribution in [-0.2, 0) is 0 Å². The lowest BCUT2D eigenvalue weighted by Gasteiger charge is -2.09. The predicted molar refractivity (Wildman–Crippen MR) is 108 cm³/mol. The molecule has 0 radical (unpaired) electrons. The molecule has 2 aromatic carbocycles. The zero-order chi connectivity index (χ0) is 19.8. The van der Waals surface area contributed by atoms with E-state index in [0.29, 0.717) is 39.5 Å². The molecular formula is C23H16N4O2. The summed E-state index contributed by atoms with van der Waals surface area (Å²) in [5.41, 5.74) is 3.94. The molecule has 0 atom stereocenters. The van der Waals surface area contributed by atoms with Gasteiger partial charge in [0.2, 0.25) is 0 Å². The topological polar surface area (TPSA) is 91.8 Å². The Balaban J connectivity index is 1.65. The van der Waals surface area contributed by atoms with Crippen LogP contribution in [0.1, 0.15) is 40.4 Å². The van der Waals surface area contributed by atoms with Crippen LogP contribution in [0.3, 0.4) is 0 Å². The van der Waals surface area contributed by atoms with E-state index in [2.05, 4.69) is 21.5 Å². The summed E-state index contributed by atoms with van der Waals surface area (Å²) in [6, 6.07) is 20.4. The highest BCUT2D eigenvalue weighted by molar-refractivity contribution is 6.15. The maximum atomic E-state index is 13.3. The minimum atomic E-state index is -0.317. The third-order valence-corrected chi connectivity index (χ3v) is 5.05. The summed E-state index contributed by atoms with van der Waals surface area (Å²) in [6.07, 6.45) is 2.10. The molecule has 2 aromatic heterocycles. The molecule has 29 heavy (non-hydrogen) atoms. The smallest absolute Gasteiger partial charge is 0.259 e. The van der Waals surface area contributed by atoms with E-state index in [1.807, 2.05) is 36.4 Å². The van der Waals surface area contributed by atoms with Gasteiger partial charge in [0.25, 0.3) is 11.6 Å². The molecule has 5 rings (SSSR count). The summed E-state index contributed by atoms with van der Waals surface area (Å²) in [6.45, 7) is 0. The summed E-state index contributed by atoms with van der Waals surface area (Å²) in [5, 5.41) is 17.0. The zero-order valence-corrected chi connectivity index (χ0v) is 15.4. The van der Waals surface area contributed by atoms with Crippen molar-refractivity contribution in [1.82, 2.24) is 10.1 Å². The first-order valence-corrected chi connectivity index (χ1v) is 9.41. The van der Waals surface area contributed by atoms with Crippen molar-refractivity contribution < 1.29 is 9.32 Å². The van der Waals surface area contributed by atoms with Gasteiger partial charge in [0.1, 0.15) is 11.8 Å². The number of nitrogens with one attached hydrogen (secondary N) is 1. The Kier molecular flexibility index (Phi) is 4.07. The second kappa shape index (κ2) is 6.88. The zero-order valence-electron chi connectivity index (χ0n) is 15.4. The molecule has 6 nitrogen and oxygen atoms in total. The lowest BCUT2D eigenvalue weighted by atomic mass is 10.0. The summed E-state index contributed by atoms with van der Waals surface area (Å²) in [5.74, 6) is 0.0324. The molecule has 0 spiro atoms. The Labute approximate surface area is 166 Å². The van der Waals surface area contributed by atoms with E-state index in [9.17, 15) is 10.1 Å². The number of anilines is 1. The van der Waals surface area contributed by atoms with Crippen LogP contribution in [0.2, 0.25) is 0 Å². The van der Waals surface area contributed by atoms with Crippen molar-refractivity contribution in [1.29, 1.82) is 5.26 Å². The fraction of sp³-hybridized carbons (Fsp3) is 0.130. The molecule has 1 aliphatic rings. The lowest BCUT2D eigenvalue weighted by Crippen LogP contribution is -2.14. The van der Waals surface area contributed by atoms with Gasteiger partial charge in [0, 0.05) is 17.2 Å². The number of carbonyl (C=O) groups is 1. The number of nitrogens with zero attached hydrogens (tertiary/aromatic N) is 3. The highest BCUT2D eigenvalue weighted by Gasteiger charge is 2.29. The van der Waals surface area contributed by atoms with Crippen LogP contribution < -0.4 is 5.32 Å². The number of benzene rings is 2. The number of carbonyl (C=O) groups excluding carboxylic acids is 1. The third kappa shape index (κ3) is 3.13. The number of para-hydroxylation sites is 1. The normalized spacial score (nSPS) is 13.2. The molecule has 1 saturated carbocycles. The Hall–Kier alpha value is -3.98. The molecule has 1 aliphatic carbocycles. The van der Waals surface area contributed by atoms with Gasteiger partial charge in [0.05, 0.1) is 22.2 Å². The monoisotopic (exact) mass is 380 g/mol. The summed E-state index contributed by atoms with van der Waals surface area (Å²) < 4.78 is 5.51. The van der Waals surface area contributed by atoms with Crippen LogP contribution in [0.25, 0.3) is 22.4 Å². The number of aromatic nitrogens is 2. The van der Waals surface area contributed by atoms with E-state index < -0.39 is 0 Å². The van der Waals surface area contributed by atoms with Crippen LogP contribution in [-0.4, -0.2) is 16.0 Å². The van der Waals surface area contributed by atoms with E-state index in [4.69, 9.17) is 4.52 Å². The maximum Gasteiger partial charge on any atom is 0.259 e. The van der Waals surface area contributed by atoms with E-state index >= 15 is 0 Å². The second-order valence-electron chi connectivity index (χ2n) is 7.06. The van der Waals surface area contributed by atoms with Crippen molar-refractivity contribution in [2.45, 2.75) is 18.8 Å². The van der Waals surface area contributed by atoms with Gasteiger partial charge < -0.3 is 9.84 Å². The van der Waals surface area contributed by atoms with Crippen LogP contribution in [0, 0.1) is 11.3 Å². The first-order valence-electron chi connectivity index (χ1n) is 9.41. The Morgan fingerprint density at radius 1 is 1.10 bits per heavy atom. The molecule has 1 fully saturated rings. The SMILES string of the molecule is N#Cc1ccccc1NC(=O)c1cc(C2CC2)nc2onc(-c3ccccc3)c12. The molecular weight excluding hydrogens is 364 g/mol. The fourth-order valence-corrected chi connectivity index (χ4v) is 3.41. The largest absolute Gasteiger partial charge is 0.335 e. The highest BCUT2D eigenvalue weighted by atomic mass is 16.5. The first kappa shape index (κ1) is 17.1. The Morgan fingerprint density at radius 2 is 1.86 bits per heavy atom. The van der Waals surface area contributed by atoms with E-state index in [1.54, 1.807) is 24.3 Å². The van der Waals surface area contributed by atoms with E-state index in [0.717, 1.165) is 24.1 Å². The standard InChI is InChI=1S/C23H16N4O2/c24-13-16-8-4-5-9-18(16)25-22(28)17-12-19(14-10-11-14)26-23-20(17)21(27-29-23)15-6-2-1-3-7-15/h1-9,12,14H,10-11H2,(H,25,28). The van der Waals surface area contributed by atoms with Gasteiger partial charge >= 0.3 is 0 Å². The number of pyridine rings is 1. The number of rotatable bonds is 4. The summed E-state index contributed by atoms with van der Waals surface area (Å²) in [7, 11) is 0.